The van der Waals surface area contributed by atoms with Crippen molar-refractivity contribution < 1.29 is 9.59 Å². The molecule has 0 radical (unpaired) electrons. The number of rotatable bonds is 6. The summed E-state index contributed by atoms with van der Waals surface area (Å²) in [6, 6.07) is 19.3. The minimum Gasteiger partial charge on any atom is -0.371 e. The van der Waals surface area contributed by atoms with E-state index in [4.69, 9.17) is 5.26 Å². The molecule has 1 unspecified atom stereocenters. The Hall–Kier alpha value is -3.53. The molecule has 0 spiro atoms. The Kier molecular flexibility index (Phi) is 6.90. The molecule has 7 nitrogen and oxygen atoms in total. The first-order valence-electron chi connectivity index (χ1n) is 11.3. The Morgan fingerprint density at radius 3 is 2.41 bits per heavy atom. The SMILES string of the molecule is N#Cc1ccc(N2CCC(NC(=O)NC(CN3CCCC3=O)c3ccccc3)CC2)cc1. The third kappa shape index (κ3) is 5.38. The highest BCUT2D eigenvalue weighted by Crippen LogP contribution is 2.21. The number of amides is 3. The number of hydrogen-bond donors (Lipinski definition) is 2. The number of piperidine rings is 1. The van der Waals surface area contributed by atoms with Crippen molar-refractivity contribution in [2.45, 2.75) is 37.8 Å². The molecule has 32 heavy (non-hydrogen) atoms. The lowest BCUT2D eigenvalue weighted by atomic mass is 10.0. The van der Waals surface area contributed by atoms with Crippen LogP contribution in [0.15, 0.2) is 54.6 Å². The van der Waals surface area contributed by atoms with Crippen LogP contribution in [-0.2, 0) is 4.79 Å². The van der Waals surface area contributed by atoms with E-state index in [2.05, 4.69) is 21.6 Å². The Morgan fingerprint density at radius 1 is 1.06 bits per heavy atom. The van der Waals surface area contributed by atoms with Crippen molar-refractivity contribution in [3.63, 3.8) is 0 Å². The zero-order valence-electron chi connectivity index (χ0n) is 18.2. The van der Waals surface area contributed by atoms with Crippen LogP contribution in [-0.4, -0.2) is 49.1 Å². The van der Waals surface area contributed by atoms with Gasteiger partial charge in [0.2, 0.25) is 5.91 Å². The van der Waals surface area contributed by atoms with Gasteiger partial charge in [0.05, 0.1) is 17.7 Å². The normalized spacial score (nSPS) is 17.7. The van der Waals surface area contributed by atoms with Gasteiger partial charge in [-0.3, -0.25) is 4.79 Å². The van der Waals surface area contributed by atoms with Gasteiger partial charge >= 0.3 is 6.03 Å². The maximum atomic E-state index is 12.8. The number of carbonyl (C=O) groups is 2. The predicted molar refractivity (Wildman–Crippen MR) is 123 cm³/mol. The van der Waals surface area contributed by atoms with E-state index in [0.29, 0.717) is 18.5 Å². The Labute approximate surface area is 189 Å². The summed E-state index contributed by atoms with van der Waals surface area (Å²) in [5.41, 5.74) is 2.76. The van der Waals surface area contributed by atoms with Gasteiger partial charge < -0.3 is 20.4 Å². The van der Waals surface area contributed by atoms with E-state index in [1.165, 1.54) is 0 Å². The number of nitrogens with one attached hydrogen (secondary N) is 2. The average Bonchev–Trinajstić information content (AvgIpc) is 3.24. The molecule has 166 valence electrons. The third-order valence-electron chi connectivity index (χ3n) is 6.27. The van der Waals surface area contributed by atoms with Gasteiger partial charge in [0.25, 0.3) is 0 Å². The van der Waals surface area contributed by atoms with Crippen LogP contribution in [0.5, 0.6) is 0 Å². The molecular weight excluding hydrogens is 402 g/mol. The van der Waals surface area contributed by atoms with Crippen molar-refractivity contribution >= 4 is 17.6 Å². The zero-order valence-corrected chi connectivity index (χ0v) is 18.2. The minimum absolute atomic E-state index is 0.106. The molecule has 0 aliphatic carbocycles. The second-order valence-corrected chi connectivity index (χ2v) is 8.44. The van der Waals surface area contributed by atoms with Crippen LogP contribution in [0.1, 0.15) is 42.9 Å². The topological polar surface area (TPSA) is 88.5 Å². The quantitative estimate of drug-likeness (QED) is 0.735. The van der Waals surface area contributed by atoms with Gasteiger partial charge in [-0.1, -0.05) is 30.3 Å². The third-order valence-corrected chi connectivity index (χ3v) is 6.27. The first-order chi connectivity index (χ1) is 15.6. The summed E-state index contributed by atoms with van der Waals surface area (Å²) in [4.78, 5) is 29.0. The van der Waals surface area contributed by atoms with Crippen molar-refractivity contribution in [2.24, 2.45) is 0 Å². The Morgan fingerprint density at radius 2 is 1.78 bits per heavy atom. The predicted octanol–water partition coefficient (Wildman–Crippen LogP) is 3.19. The van der Waals surface area contributed by atoms with Crippen molar-refractivity contribution in [3.05, 3.63) is 65.7 Å². The molecule has 4 rings (SSSR count). The maximum Gasteiger partial charge on any atom is 0.315 e. The molecule has 7 heteroatoms. The van der Waals surface area contributed by atoms with Crippen LogP contribution < -0.4 is 15.5 Å². The van der Waals surface area contributed by atoms with Gasteiger partial charge in [0, 0.05) is 44.3 Å². The minimum atomic E-state index is -0.239. The van der Waals surface area contributed by atoms with Crippen LogP contribution in [0, 0.1) is 11.3 Å². The molecule has 2 aliphatic rings. The largest absolute Gasteiger partial charge is 0.371 e. The molecule has 1 atom stereocenters. The molecule has 2 aromatic carbocycles. The lowest BCUT2D eigenvalue weighted by Gasteiger charge is -2.34. The number of nitriles is 1. The molecular formula is C25H29N5O2. The number of anilines is 1. The van der Waals surface area contributed by atoms with Crippen LogP contribution in [0.2, 0.25) is 0 Å². The summed E-state index contributed by atoms with van der Waals surface area (Å²) in [6.45, 7) is 2.94. The summed E-state index contributed by atoms with van der Waals surface area (Å²) < 4.78 is 0. The van der Waals surface area contributed by atoms with E-state index in [9.17, 15) is 9.59 Å². The number of hydrogen-bond acceptors (Lipinski definition) is 4. The van der Waals surface area contributed by atoms with E-state index >= 15 is 0 Å². The molecule has 2 aliphatic heterocycles. The van der Waals surface area contributed by atoms with Gasteiger partial charge in [0.15, 0.2) is 0 Å². The second-order valence-electron chi connectivity index (χ2n) is 8.44. The van der Waals surface area contributed by atoms with Crippen molar-refractivity contribution in [2.75, 3.05) is 31.1 Å². The lowest BCUT2D eigenvalue weighted by Crippen LogP contribution is -2.50. The Bertz CT molecular complexity index is 962. The first-order valence-corrected chi connectivity index (χ1v) is 11.3. The molecule has 2 aromatic rings. The van der Waals surface area contributed by atoms with Crippen LogP contribution in [0.4, 0.5) is 10.5 Å². The van der Waals surface area contributed by atoms with Crippen LogP contribution >= 0.6 is 0 Å². The molecule has 2 saturated heterocycles. The summed E-state index contributed by atoms with van der Waals surface area (Å²) in [5, 5.41) is 15.2. The molecule has 2 heterocycles. The first kappa shape index (κ1) is 21.7. The van der Waals surface area contributed by atoms with Gasteiger partial charge in [-0.05, 0) is 49.1 Å². The molecule has 2 fully saturated rings. The monoisotopic (exact) mass is 431 g/mol. The van der Waals surface area contributed by atoms with Gasteiger partial charge in [-0.25, -0.2) is 4.79 Å². The number of likely N-dealkylation sites (tertiary alicyclic amines) is 1. The second kappa shape index (κ2) is 10.2. The summed E-state index contributed by atoms with van der Waals surface area (Å²) in [6.07, 6.45) is 3.18. The standard InChI is InChI=1S/C25H29N5O2/c26-17-19-8-10-22(11-9-19)29-15-12-21(13-16-29)27-25(32)28-23(20-5-2-1-3-6-20)18-30-14-4-7-24(30)31/h1-3,5-6,8-11,21,23H,4,7,12-16,18H2,(H2,27,28,32). The number of benzene rings is 2. The van der Waals surface area contributed by atoms with E-state index in [0.717, 1.165) is 50.1 Å². The van der Waals surface area contributed by atoms with E-state index in [1.54, 1.807) is 0 Å². The molecule has 0 bridgehead atoms. The van der Waals surface area contributed by atoms with E-state index in [-0.39, 0.29) is 24.0 Å². The van der Waals surface area contributed by atoms with Gasteiger partial charge in [-0.15, -0.1) is 0 Å². The maximum absolute atomic E-state index is 12.8. The van der Waals surface area contributed by atoms with Gasteiger partial charge in [-0.2, -0.15) is 5.26 Å². The van der Waals surface area contributed by atoms with Crippen molar-refractivity contribution in [1.29, 1.82) is 5.26 Å². The van der Waals surface area contributed by atoms with Crippen molar-refractivity contribution in [1.82, 2.24) is 15.5 Å². The highest BCUT2D eigenvalue weighted by Gasteiger charge is 2.26. The number of nitrogens with zero attached hydrogens (tertiary/aromatic N) is 3. The zero-order chi connectivity index (χ0) is 22.3. The summed E-state index contributed by atoms with van der Waals surface area (Å²) in [5.74, 6) is 0.156. The van der Waals surface area contributed by atoms with Gasteiger partial charge in [0.1, 0.15) is 0 Å². The fourth-order valence-corrected chi connectivity index (χ4v) is 4.45. The van der Waals surface area contributed by atoms with Crippen molar-refractivity contribution in [3.8, 4) is 6.07 Å². The highest BCUT2D eigenvalue weighted by molar-refractivity contribution is 5.78. The fourth-order valence-electron chi connectivity index (χ4n) is 4.45. The highest BCUT2D eigenvalue weighted by atomic mass is 16.2. The summed E-state index contributed by atoms with van der Waals surface area (Å²) >= 11 is 0. The lowest BCUT2D eigenvalue weighted by molar-refractivity contribution is -0.128. The smallest absolute Gasteiger partial charge is 0.315 e. The Balaban J connectivity index is 1.31. The molecule has 0 saturated carbocycles. The summed E-state index contributed by atoms with van der Waals surface area (Å²) in [7, 11) is 0. The number of urea groups is 1. The molecule has 2 N–H and O–H groups in total. The van der Waals surface area contributed by atoms with Crippen LogP contribution in [0.25, 0.3) is 0 Å². The number of carbonyl (C=O) groups excluding carboxylic acids is 2. The fraction of sp³-hybridized carbons (Fsp3) is 0.400. The van der Waals surface area contributed by atoms with E-state index < -0.39 is 0 Å². The molecule has 3 amide bonds. The van der Waals surface area contributed by atoms with E-state index in [1.807, 2.05) is 59.5 Å². The average molecular weight is 432 g/mol. The molecule has 0 aromatic heterocycles. The van der Waals surface area contributed by atoms with Crippen LogP contribution in [0.3, 0.4) is 0 Å².